The van der Waals surface area contributed by atoms with Gasteiger partial charge < -0.3 is 11.3 Å². The minimum atomic E-state index is 0. The summed E-state index contributed by atoms with van der Waals surface area (Å²) in [5.74, 6) is 0. The van der Waals surface area contributed by atoms with E-state index in [4.69, 9.17) is 9.84 Å². The number of hydrogen-bond acceptors (Lipinski definition) is 2. The molecule has 0 atom stereocenters. The van der Waals surface area contributed by atoms with E-state index in [2.05, 4.69) is 47.8 Å². The first-order valence-corrected chi connectivity index (χ1v) is 8.31. The van der Waals surface area contributed by atoms with E-state index in [9.17, 15) is 0 Å². The van der Waals surface area contributed by atoms with E-state index in [1.807, 2.05) is 0 Å². The van der Waals surface area contributed by atoms with Gasteiger partial charge in [0.1, 0.15) is 0 Å². The van der Waals surface area contributed by atoms with Crippen molar-refractivity contribution in [1.29, 1.82) is 0 Å². The van der Waals surface area contributed by atoms with Crippen molar-refractivity contribution in [3.8, 4) is 0 Å². The van der Waals surface area contributed by atoms with Crippen LogP contribution in [0.25, 0.3) is 0 Å². The second-order valence-corrected chi connectivity index (χ2v) is 4.85. The van der Waals surface area contributed by atoms with Gasteiger partial charge in [-0.1, -0.05) is 55.2 Å². The van der Waals surface area contributed by atoms with Crippen molar-refractivity contribution in [3.63, 3.8) is 0 Å². The first-order chi connectivity index (χ1) is 7.33. The van der Waals surface area contributed by atoms with Crippen LogP contribution in [0.15, 0.2) is 0 Å². The molecular weight excluding hydrogens is 427 g/mol. The standard InChI is InChI=1S/C5H11BrO.C4H8Br2.CH4O.CH4.Na.H/c1-7-5-3-2-4-6;5-3-1-2-4-6;1-2;;;/h2-5H2,1H3;1-4H2;2H,1H3;1H4;;/q;;;;+1;-1. The van der Waals surface area contributed by atoms with Crippen LogP contribution in [0.5, 0.6) is 0 Å². The van der Waals surface area contributed by atoms with Crippen LogP contribution in [-0.4, -0.2) is 41.9 Å². The third-order valence-electron chi connectivity index (χ3n) is 1.25. The van der Waals surface area contributed by atoms with E-state index in [-0.39, 0.29) is 38.4 Å². The second kappa shape index (κ2) is 42.9. The maximum atomic E-state index is 7.00. The molecule has 0 aliphatic carbocycles. The number of rotatable bonds is 7. The predicted octanol–water partition coefficient (Wildman–Crippen LogP) is 1.73. The van der Waals surface area contributed by atoms with E-state index < -0.39 is 0 Å². The zero-order valence-corrected chi connectivity index (χ0v) is 17.4. The molecule has 17 heavy (non-hydrogen) atoms. The number of halogens is 3. The molecule has 0 saturated carbocycles. The van der Waals surface area contributed by atoms with Crippen LogP contribution in [0.3, 0.4) is 0 Å². The van der Waals surface area contributed by atoms with E-state index in [1.54, 1.807) is 7.11 Å². The summed E-state index contributed by atoms with van der Waals surface area (Å²) in [5.41, 5.74) is 0. The van der Waals surface area contributed by atoms with Crippen molar-refractivity contribution in [3.05, 3.63) is 0 Å². The van der Waals surface area contributed by atoms with E-state index in [0.29, 0.717) is 0 Å². The van der Waals surface area contributed by atoms with E-state index in [0.717, 1.165) is 29.7 Å². The van der Waals surface area contributed by atoms with Crippen molar-refractivity contribution in [2.75, 3.05) is 36.8 Å². The summed E-state index contributed by atoms with van der Waals surface area (Å²) in [6.07, 6.45) is 4.95. The Morgan fingerprint density at radius 1 is 0.882 bits per heavy atom. The molecule has 0 fully saturated rings. The summed E-state index contributed by atoms with van der Waals surface area (Å²) in [6, 6.07) is 0. The fourth-order valence-electron chi connectivity index (χ4n) is 0.530. The molecule has 0 unspecified atom stereocenters. The molecule has 0 heterocycles. The van der Waals surface area contributed by atoms with Gasteiger partial charge in [-0.2, -0.15) is 0 Å². The average molecular weight is 455 g/mol. The van der Waals surface area contributed by atoms with Crippen LogP contribution < -0.4 is 29.6 Å². The Kier molecular flexibility index (Phi) is 79.8. The van der Waals surface area contributed by atoms with Gasteiger partial charge in [-0.25, -0.2) is 0 Å². The first kappa shape index (κ1) is 31.6. The van der Waals surface area contributed by atoms with Gasteiger partial charge in [-0.05, 0) is 25.7 Å². The average Bonchev–Trinajstić information content (AvgIpc) is 2.31. The van der Waals surface area contributed by atoms with Crippen LogP contribution in [0, 0.1) is 0 Å². The third kappa shape index (κ3) is 56.1. The molecule has 0 spiro atoms. The topological polar surface area (TPSA) is 29.5 Å². The van der Waals surface area contributed by atoms with Crippen LogP contribution in [0.1, 0.15) is 34.5 Å². The maximum absolute atomic E-state index is 7.00. The Labute approximate surface area is 157 Å². The fraction of sp³-hybridized carbons (Fsp3) is 1.00. The molecule has 0 saturated heterocycles. The van der Waals surface area contributed by atoms with E-state index in [1.165, 1.54) is 25.7 Å². The van der Waals surface area contributed by atoms with Crippen molar-refractivity contribution >= 4 is 47.8 Å². The molecule has 0 rings (SSSR count). The normalized spacial score (nSPS) is 7.41. The van der Waals surface area contributed by atoms with Crippen molar-refractivity contribution in [2.45, 2.75) is 33.1 Å². The van der Waals surface area contributed by atoms with Crippen molar-refractivity contribution in [2.24, 2.45) is 0 Å². The molecular formula is C11H28Br3NaO2. The molecule has 1 N–H and O–H groups in total. The Bertz CT molecular complexity index is 79.3. The zero-order valence-electron chi connectivity index (χ0n) is 11.6. The number of alkyl halides is 3. The van der Waals surface area contributed by atoms with Gasteiger partial charge in [0.2, 0.25) is 0 Å². The SMILES string of the molecule is BrCCCCBr.C.CO.COCCCCBr.[H-].[Na+]. The van der Waals surface area contributed by atoms with Crippen LogP contribution in [0.4, 0.5) is 0 Å². The number of aliphatic hydroxyl groups excluding tert-OH is 1. The Morgan fingerprint density at radius 2 is 1.18 bits per heavy atom. The van der Waals surface area contributed by atoms with E-state index >= 15 is 0 Å². The van der Waals surface area contributed by atoms with Gasteiger partial charge in [0.15, 0.2) is 0 Å². The van der Waals surface area contributed by atoms with Gasteiger partial charge >= 0.3 is 29.6 Å². The summed E-state index contributed by atoms with van der Waals surface area (Å²) < 4.78 is 4.82. The molecule has 0 radical (unpaired) electrons. The number of unbranched alkanes of at least 4 members (excludes halogenated alkanes) is 2. The molecule has 6 heteroatoms. The van der Waals surface area contributed by atoms with Gasteiger partial charge in [-0.3, -0.25) is 0 Å². The Balaban J connectivity index is -0.0000000307. The number of methoxy groups -OCH3 is 1. The van der Waals surface area contributed by atoms with Crippen molar-refractivity contribution < 1.29 is 40.8 Å². The zero-order chi connectivity index (χ0) is 12.4. The van der Waals surface area contributed by atoms with Gasteiger partial charge in [0, 0.05) is 36.8 Å². The largest absolute Gasteiger partial charge is 1.00 e. The molecule has 0 amide bonds. The molecule has 2 nitrogen and oxygen atoms in total. The summed E-state index contributed by atoms with van der Waals surface area (Å²) >= 11 is 9.98. The minimum absolute atomic E-state index is 0. The number of aliphatic hydroxyl groups is 1. The molecule has 0 bridgehead atoms. The molecule has 0 aromatic carbocycles. The molecule has 0 aliphatic rings. The number of hydrogen-bond donors (Lipinski definition) is 1. The number of ether oxygens (including phenoxy) is 1. The van der Waals surface area contributed by atoms with Crippen molar-refractivity contribution in [1.82, 2.24) is 0 Å². The second-order valence-electron chi connectivity index (χ2n) is 2.47. The maximum Gasteiger partial charge on any atom is 1.00 e. The molecule has 0 aliphatic heterocycles. The van der Waals surface area contributed by atoms with Gasteiger partial charge in [0.25, 0.3) is 0 Å². The van der Waals surface area contributed by atoms with Crippen LogP contribution in [0.2, 0.25) is 0 Å². The smallest absolute Gasteiger partial charge is 1.00 e. The molecule has 106 valence electrons. The summed E-state index contributed by atoms with van der Waals surface area (Å²) in [6.45, 7) is 0.894. The molecule has 0 aromatic heterocycles. The predicted molar refractivity (Wildman–Crippen MR) is 87.7 cm³/mol. The van der Waals surface area contributed by atoms with Gasteiger partial charge in [-0.15, -0.1) is 0 Å². The Hall–Kier alpha value is 2.36. The monoisotopic (exact) mass is 452 g/mol. The van der Waals surface area contributed by atoms with Crippen LogP contribution in [-0.2, 0) is 4.74 Å². The fourth-order valence-corrected chi connectivity index (χ4v) is 1.72. The summed E-state index contributed by atoms with van der Waals surface area (Å²) in [5, 5.41) is 10.4. The summed E-state index contributed by atoms with van der Waals surface area (Å²) in [4.78, 5) is 0. The first-order valence-electron chi connectivity index (χ1n) is 4.95. The molecule has 0 aromatic rings. The quantitative estimate of drug-likeness (QED) is 0.360. The summed E-state index contributed by atoms with van der Waals surface area (Å²) in [7, 11) is 2.73. The van der Waals surface area contributed by atoms with Crippen LogP contribution >= 0.6 is 47.8 Å². The van der Waals surface area contributed by atoms with Gasteiger partial charge in [0.05, 0.1) is 0 Å². The minimum Gasteiger partial charge on any atom is -1.00 e. The third-order valence-corrected chi connectivity index (χ3v) is 2.93. The Morgan fingerprint density at radius 3 is 1.41 bits per heavy atom.